The van der Waals surface area contributed by atoms with Crippen LogP contribution in [0.15, 0.2) is 11.1 Å². The highest BCUT2D eigenvalue weighted by atomic mass is 32.2. The number of sulfonamides is 1. The Kier molecular flexibility index (Phi) is 3.80. The minimum absolute atomic E-state index is 0.0179. The minimum Gasteiger partial charge on any atom is -0.317 e. The van der Waals surface area contributed by atoms with Crippen molar-refractivity contribution in [1.29, 1.82) is 0 Å². The second-order valence-electron chi connectivity index (χ2n) is 4.36. The second-order valence-corrected chi connectivity index (χ2v) is 6.04. The number of rotatable bonds is 3. The Hall–Kier alpha value is -0.920. The van der Waals surface area contributed by atoms with Gasteiger partial charge in [-0.25, -0.2) is 13.1 Å². The van der Waals surface area contributed by atoms with Crippen LogP contribution < -0.4 is 10.0 Å². The fourth-order valence-electron chi connectivity index (χ4n) is 2.03. The van der Waals surface area contributed by atoms with Gasteiger partial charge in [-0.1, -0.05) is 0 Å². The molecule has 0 amide bonds. The predicted molar refractivity (Wildman–Crippen MR) is 64.2 cm³/mol. The van der Waals surface area contributed by atoms with Crippen LogP contribution in [0.2, 0.25) is 0 Å². The maximum absolute atomic E-state index is 12.1. The van der Waals surface area contributed by atoms with Crippen LogP contribution in [0.25, 0.3) is 0 Å². The van der Waals surface area contributed by atoms with Crippen molar-refractivity contribution in [2.75, 3.05) is 13.1 Å². The van der Waals surface area contributed by atoms with E-state index in [-0.39, 0.29) is 10.9 Å². The van der Waals surface area contributed by atoms with Crippen LogP contribution in [-0.2, 0) is 10.0 Å². The number of H-pyrrole nitrogens is 1. The number of nitrogens with zero attached hydrogens (tertiary/aromatic N) is 1. The summed E-state index contributed by atoms with van der Waals surface area (Å²) in [6.45, 7) is 3.52. The van der Waals surface area contributed by atoms with E-state index in [1.807, 2.05) is 0 Å². The van der Waals surface area contributed by atoms with Crippen molar-refractivity contribution >= 4 is 10.0 Å². The Morgan fingerprint density at radius 1 is 1.41 bits per heavy atom. The van der Waals surface area contributed by atoms with Gasteiger partial charge in [0.2, 0.25) is 10.0 Å². The maximum Gasteiger partial charge on any atom is 0.244 e. The molecule has 1 fully saturated rings. The second kappa shape index (κ2) is 5.16. The molecule has 17 heavy (non-hydrogen) atoms. The molecule has 1 saturated heterocycles. The van der Waals surface area contributed by atoms with E-state index < -0.39 is 10.0 Å². The number of hydrogen-bond donors (Lipinski definition) is 3. The van der Waals surface area contributed by atoms with Gasteiger partial charge in [0.15, 0.2) is 0 Å². The van der Waals surface area contributed by atoms with Gasteiger partial charge in [0.1, 0.15) is 4.90 Å². The van der Waals surface area contributed by atoms with Crippen molar-refractivity contribution in [3.63, 3.8) is 0 Å². The average Bonchev–Trinajstić information content (AvgIpc) is 2.55. The summed E-state index contributed by atoms with van der Waals surface area (Å²) in [6.07, 6.45) is 4.06. The first-order valence-corrected chi connectivity index (χ1v) is 7.31. The molecule has 3 N–H and O–H groups in total. The third kappa shape index (κ3) is 3.05. The Morgan fingerprint density at radius 3 is 2.94 bits per heavy atom. The van der Waals surface area contributed by atoms with E-state index in [1.165, 1.54) is 6.20 Å². The van der Waals surface area contributed by atoms with Gasteiger partial charge in [-0.3, -0.25) is 5.10 Å². The van der Waals surface area contributed by atoms with Gasteiger partial charge >= 0.3 is 0 Å². The molecule has 6 nitrogen and oxygen atoms in total. The van der Waals surface area contributed by atoms with Crippen LogP contribution in [0, 0.1) is 6.92 Å². The lowest BCUT2D eigenvalue weighted by molar-refractivity contribution is 0.518. The molecule has 1 atom stereocenters. The molecular weight excluding hydrogens is 240 g/mol. The van der Waals surface area contributed by atoms with E-state index in [1.54, 1.807) is 6.92 Å². The van der Waals surface area contributed by atoms with Crippen LogP contribution >= 0.6 is 0 Å². The van der Waals surface area contributed by atoms with Crippen molar-refractivity contribution in [2.45, 2.75) is 37.1 Å². The van der Waals surface area contributed by atoms with Gasteiger partial charge in [-0.15, -0.1) is 0 Å². The van der Waals surface area contributed by atoms with Crippen LogP contribution in [-0.4, -0.2) is 37.7 Å². The smallest absolute Gasteiger partial charge is 0.244 e. The number of aromatic nitrogens is 2. The first-order chi connectivity index (χ1) is 8.09. The zero-order valence-electron chi connectivity index (χ0n) is 9.86. The van der Waals surface area contributed by atoms with E-state index >= 15 is 0 Å². The SMILES string of the molecule is Cc1[nH]ncc1S(=O)(=O)NC1CCCNCC1. The molecule has 0 bridgehead atoms. The molecule has 1 aliphatic rings. The Balaban J connectivity index is 2.09. The Morgan fingerprint density at radius 2 is 2.24 bits per heavy atom. The van der Waals surface area contributed by atoms with Crippen LogP contribution in [0.3, 0.4) is 0 Å². The molecule has 1 aliphatic heterocycles. The molecule has 1 aromatic rings. The minimum atomic E-state index is -3.43. The summed E-state index contributed by atoms with van der Waals surface area (Å²) in [5, 5.41) is 9.64. The van der Waals surface area contributed by atoms with Crippen molar-refractivity contribution in [2.24, 2.45) is 0 Å². The first kappa shape index (κ1) is 12.5. The third-order valence-corrected chi connectivity index (χ3v) is 4.60. The molecule has 2 heterocycles. The molecule has 0 aromatic carbocycles. The molecule has 0 saturated carbocycles. The molecule has 0 radical (unpaired) electrons. The fourth-order valence-corrected chi connectivity index (χ4v) is 3.47. The number of nitrogens with one attached hydrogen (secondary N) is 3. The summed E-state index contributed by atoms with van der Waals surface area (Å²) >= 11 is 0. The van der Waals surface area contributed by atoms with Gasteiger partial charge < -0.3 is 5.32 Å². The lowest BCUT2D eigenvalue weighted by Gasteiger charge is -2.15. The van der Waals surface area contributed by atoms with Gasteiger partial charge in [-0.05, 0) is 39.3 Å². The summed E-state index contributed by atoms with van der Waals surface area (Å²) < 4.78 is 27.0. The van der Waals surface area contributed by atoms with E-state index in [2.05, 4.69) is 20.2 Å². The van der Waals surface area contributed by atoms with Gasteiger partial charge in [0.25, 0.3) is 0 Å². The van der Waals surface area contributed by atoms with Crippen molar-refractivity contribution in [3.8, 4) is 0 Å². The summed E-state index contributed by atoms with van der Waals surface area (Å²) in [7, 11) is -3.43. The van der Waals surface area contributed by atoms with E-state index in [4.69, 9.17) is 0 Å². The van der Waals surface area contributed by atoms with Crippen molar-refractivity contribution in [1.82, 2.24) is 20.2 Å². The quantitative estimate of drug-likeness (QED) is 0.719. The largest absolute Gasteiger partial charge is 0.317 e. The lowest BCUT2D eigenvalue weighted by atomic mass is 10.1. The molecule has 7 heteroatoms. The molecule has 1 unspecified atom stereocenters. The molecule has 1 aromatic heterocycles. The maximum atomic E-state index is 12.1. The summed E-state index contributed by atoms with van der Waals surface area (Å²) in [4.78, 5) is 0.245. The monoisotopic (exact) mass is 258 g/mol. The Labute approximate surface area is 101 Å². The first-order valence-electron chi connectivity index (χ1n) is 5.82. The van der Waals surface area contributed by atoms with Gasteiger partial charge in [0, 0.05) is 6.04 Å². The van der Waals surface area contributed by atoms with Gasteiger partial charge in [0.05, 0.1) is 11.9 Å². The zero-order valence-corrected chi connectivity index (χ0v) is 10.7. The normalized spacial score (nSPS) is 22.3. The zero-order chi connectivity index (χ0) is 12.3. The van der Waals surface area contributed by atoms with E-state index in [0.717, 1.165) is 32.4 Å². The standard InChI is InChI=1S/C10H18N4O2S/c1-8-10(7-12-13-8)17(15,16)14-9-3-2-5-11-6-4-9/h7,9,11,14H,2-6H2,1H3,(H,12,13). The molecule has 0 spiro atoms. The van der Waals surface area contributed by atoms with E-state index in [9.17, 15) is 8.42 Å². The van der Waals surface area contributed by atoms with E-state index in [0.29, 0.717) is 5.69 Å². The van der Waals surface area contributed by atoms with Crippen molar-refractivity contribution in [3.05, 3.63) is 11.9 Å². The highest BCUT2D eigenvalue weighted by Crippen LogP contribution is 2.14. The number of aryl methyl sites for hydroxylation is 1. The number of hydrogen-bond acceptors (Lipinski definition) is 4. The summed E-state index contributed by atoms with van der Waals surface area (Å²) in [5.74, 6) is 0. The average molecular weight is 258 g/mol. The molecule has 0 aliphatic carbocycles. The molecular formula is C10H18N4O2S. The topological polar surface area (TPSA) is 86.9 Å². The van der Waals surface area contributed by atoms with Crippen LogP contribution in [0.1, 0.15) is 25.0 Å². The highest BCUT2D eigenvalue weighted by Gasteiger charge is 2.23. The third-order valence-electron chi connectivity index (χ3n) is 2.97. The molecule has 2 rings (SSSR count). The molecule has 96 valence electrons. The fraction of sp³-hybridized carbons (Fsp3) is 0.700. The van der Waals surface area contributed by atoms with Gasteiger partial charge in [-0.2, -0.15) is 5.10 Å². The lowest BCUT2D eigenvalue weighted by Crippen LogP contribution is -2.35. The number of aromatic amines is 1. The Bertz CT molecular complexity index is 460. The van der Waals surface area contributed by atoms with Crippen molar-refractivity contribution < 1.29 is 8.42 Å². The summed E-state index contributed by atoms with van der Waals surface area (Å²) in [6, 6.07) is 0.0179. The summed E-state index contributed by atoms with van der Waals surface area (Å²) in [5.41, 5.74) is 0.573. The highest BCUT2D eigenvalue weighted by molar-refractivity contribution is 7.89. The predicted octanol–water partition coefficient (Wildman–Crippen LogP) is 0.139. The van der Waals surface area contributed by atoms with Crippen LogP contribution in [0.4, 0.5) is 0 Å². The van der Waals surface area contributed by atoms with Crippen LogP contribution in [0.5, 0.6) is 0 Å².